The van der Waals surface area contributed by atoms with Crippen LogP contribution in [0.3, 0.4) is 0 Å². The van der Waals surface area contributed by atoms with Gasteiger partial charge in [-0.2, -0.15) is 0 Å². The standard InChI is InChI=1S/C20H32N4/c1-9-21-15(3)17(5)23(19(21)7)13-11-12-14-24-18(6)16(4)22(10-2)20(24)8/h9-10H,1-2,11-14H2,3-8H3/q+2. The molecule has 0 amide bonds. The Morgan fingerprint density at radius 3 is 1.29 bits per heavy atom. The molecule has 0 saturated heterocycles. The van der Waals surface area contributed by atoms with E-state index < -0.39 is 0 Å². The Balaban J connectivity index is 2.05. The highest BCUT2D eigenvalue weighted by molar-refractivity contribution is 5.25. The van der Waals surface area contributed by atoms with E-state index in [4.69, 9.17) is 0 Å². The Bertz CT molecular complexity index is 708. The molecule has 0 aromatic carbocycles. The van der Waals surface area contributed by atoms with Crippen LogP contribution in [0, 0.1) is 41.5 Å². The van der Waals surface area contributed by atoms with Gasteiger partial charge in [0, 0.05) is 41.5 Å². The zero-order valence-electron chi connectivity index (χ0n) is 16.2. The maximum atomic E-state index is 3.92. The number of unbranched alkanes of at least 4 members (excludes halogenated alkanes) is 1. The van der Waals surface area contributed by atoms with Crippen LogP contribution < -0.4 is 9.13 Å². The average Bonchev–Trinajstić information content (AvgIpc) is 2.89. The van der Waals surface area contributed by atoms with Gasteiger partial charge in [0.25, 0.3) is 11.6 Å². The predicted molar refractivity (Wildman–Crippen MR) is 99.7 cm³/mol. The summed E-state index contributed by atoms with van der Waals surface area (Å²) < 4.78 is 9.15. The highest BCUT2D eigenvalue weighted by Gasteiger charge is 2.22. The van der Waals surface area contributed by atoms with Gasteiger partial charge in [0.2, 0.25) is 0 Å². The smallest absolute Gasteiger partial charge is 0.231 e. The number of rotatable bonds is 7. The van der Waals surface area contributed by atoms with E-state index in [9.17, 15) is 0 Å². The van der Waals surface area contributed by atoms with Crippen molar-refractivity contribution >= 4 is 12.4 Å². The first-order valence-electron chi connectivity index (χ1n) is 8.75. The summed E-state index contributed by atoms with van der Waals surface area (Å²) in [5, 5.41) is 0. The minimum absolute atomic E-state index is 1.05. The monoisotopic (exact) mass is 328 g/mol. The molecule has 0 fully saturated rings. The first-order chi connectivity index (χ1) is 11.3. The Labute approximate surface area is 146 Å². The predicted octanol–water partition coefficient (Wildman–Crippen LogP) is 3.40. The third-order valence-electron chi connectivity index (χ3n) is 5.44. The molecule has 130 valence electrons. The summed E-state index contributed by atoms with van der Waals surface area (Å²) in [4.78, 5) is 0. The van der Waals surface area contributed by atoms with Gasteiger partial charge in [-0.3, -0.25) is 0 Å². The molecule has 4 nitrogen and oxygen atoms in total. The second kappa shape index (κ2) is 7.20. The van der Waals surface area contributed by atoms with Gasteiger partial charge in [-0.05, 0) is 12.8 Å². The molecule has 0 aliphatic rings. The van der Waals surface area contributed by atoms with Crippen molar-refractivity contribution in [1.29, 1.82) is 0 Å². The minimum atomic E-state index is 1.05. The van der Waals surface area contributed by atoms with Crippen LogP contribution in [0.1, 0.15) is 47.3 Å². The lowest BCUT2D eigenvalue weighted by Crippen LogP contribution is -2.41. The summed E-state index contributed by atoms with van der Waals surface area (Å²) in [5.74, 6) is 2.52. The van der Waals surface area contributed by atoms with Gasteiger partial charge in [0.1, 0.15) is 22.8 Å². The number of hydrogen-bond donors (Lipinski definition) is 0. The van der Waals surface area contributed by atoms with Crippen LogP contribution in [0.15, 0.2) is 13.2 Å². The summed E-state index contributed by atoms with van der Waals surface area (Å²) in [6.07, 6.45) is 6.13. The average molecular weight is 329 g/mol. The largest absolute Gasteiger partial charge is 0.258 e. The molecule has 2 aromatic heterocycles. The molecule has 24 heavy (non-hydrogen) atoms. The first-order valence-corrected chi connectivity index (χ1v) is 8.75. The quantitative estimate of drug-likeness (QED) is 0.548. The van der Waals surface area contributed by atoms with Crippen molar-refractivity contribution in [2.24, 2.45) is 0 Å². The molecule has 0 unspecified atom stereocenters. The fourth-order valence-corrected chi connectivity index (χ4v) is 3.71. The van der Waals surface area contributed by atoms with E-state index in [1.807, 2.05) is 12.4 Å². The molecule has 2 rings (SSSR count). The lowest BCUT2D eigenvalue weighted by atomic mass is 10.2. The molecule has 0 N–H and O–H groups in total. The molecule has 2 heterocycles. The van der Waals surface area contributed by atoms with E-state index in [0.717, 1.165) is 25.9 Å². The molecule has 4 heteroatoms. The van der Waals surface area contributed by atoms with Crippen LogP contribution >= 0.6 is 0 Å². The lowest BCUT2D eigenvalue weighted by Gasteiger charge is -2.03. The highest BCUT2D eigenvalue weighted by Crippen LogP contribution is 2.10. The topological polar surface area (TPSA) is 17.6 Å². The van der Waals surface area contributed by atoms with Crippen molar-refractivity contribution in [1.82, 2.24) is 9.13 Å². The van der Waals surface area contributed by atoms with E-state index in [2.05, 4.69) is 73.0 Å². The van der Waals surface area contributed by atoms with Crippen molar-refractivity contribution in [2.45, 2.75) is 67.5 Å². The first kappa shape index (κ1) is 18.2. The van der Waals surface area contributed by atoms with Crippen LogP contribution in [0.4, 0.5) is 0 Å². The van der Waals surface area contributed by atoms with Crippen molar-refractivity contribution in [3.63, 3.8) is 0 Å². The summed E-state index contributed by atoms with van der Waals surface area (Å²) in [7, 11) is 0. The Hall–Kier alpha value is -2.10. The SMILES string of the molecule is C=Cn1c(C)c(C)[n+](CCCC[n+]2c(C)c(C)n(C=C)c2C)c1C. The van der Waals surface area contributed by atoms with Gasteiger partial charge in [-0.25, -0.2) is 18.3 Å². The van der Waals surface area contributed by atoms with E-state index in [-0.39, 0.29) is 0 Å². The Morgan fingerprint density at radius 2 is 1.04 bits per heavy atom. The lowest BCUT2D eigenvalue weighted by molar-refractivity contribution is -0.718. The van der Waals surface area contributed by atoms with Crippen LogP contribution in [0.25, 0.3) is 12.4 Å². The van der Waals surface area contributed by atoms with Gasteiger partial charge in [-0.1, -0.05) is 13.2 Å². The van der Waals surface area contributed by atoms with Gasteiger partial charge >= 0.3 is 0 Å². The highest BCUT2D eigenvalue weighted by atomic mass is 15.2. The maximum absolute atomic E-state index is 3.92. The molecule has 0 radical (unpaired) electrons. The van der Waals surface area contributed by atoms with Crippen molar-refractivity contribution in [3.05, 3.63) is 47.6 Å². The fourth-order valence-electron chi connectivity index (χ4n) is 3.71. The maximum Gasteiger partial charge on any atom is 0.258 e. The van der Waals surface area contributed by atoms with E-state index in [1.54, 1.807) is 0 Å². The Morgan fingerprint density at radius 1 is 0.708 bits per heavy atom. The number of nitrogens with zero attached hydrogens (tertiary/aromatic N) is 4. The van der Waals surface area contributed by atoms with E-state index in [1.165, 1.54) is 34.4 Å². The van der Waals surface area contributed by atoms with Crippen molar-refractivity contribution in [3.8, 4) is 0 Å². The third-order valence-corrected chi connectivity index (χ3v) is 5.44. The van der Waals surface area contributed by atoms with Gasteiger partial charge in [0.15, 0.2) is 0 Å². The van der Waals surface area contributed by atoms with Crippen molar-refractivity contribution in [2.75, 3.05) is 0 Å². The third kappa shape index (κ3) is 2.97. The molecular weight excluding hydrogens is 296 g/mol. The summed E-state index contributed by atoms with van der Waals surface area (Å²) in [6.45, 7) is 23.0. The molecule has 0 saturated carbocycles. The second-order valence-electron chi connectivity index (χ2n) is 6.55. The zero-order valence-corrected chi connectivity index (χ0v) is 16.2. The Kier molecular flexibility index (Phi) is 5.47. The van der Waals surface area contributed by atoms with Gasteiger partial charge < -0.3 is 0 Å². The molecule has 0 aliphatic heterocycles. The molecule has 0 bridgehead atoms. The minimum Gasteiger partial charge on any atom is -0.231 e. The molecular formula is C20H32N4+2. The van der Waals surface area contributed by atoms with Gasteiger partial charge in [-0.15, -0.1) is 0 Å². The number of hydrogen-bond acceptors (Lipinski definition) is 0. The zero-order chi connectivity index (χ0) is 18.0. The fraction of sp³-hybridized carbons (Fsp3) is 0.500. The van der Waals surface area contributed by atoms with Crippen LogP contribution in [0.5, 0.6) is 0 Å². The number of imidazole rings is 2. The van der Waals surface area contributed by atoms with Gasteiger partial charge in [0.05, 0.1) is 25.5 Å². The van der Waals surface area contributed by atoms with Crippen molar-refractivity contribution < 1.29 is 9.13 Å². The van der Waals surface area contributed by atoms with E-state index >= 15 is 0 Å². The molecule has 0 aliphatic carbocycles. The molecule has 0 spiro atoms. The summed E-state index contributed by atoms with van der Waals surface area (Å²) >= 11 is 0. The van der Waals surface area contributed by atoms with Crippen LogP contribution in [0.2, 0.25) is 0 Å². The molecule has 2 aromatic rings. The summed E-state index contributed by atoms with van der Waals surface area (Å²) in [6, 6.07) is 0. The number of aromatic nitrogens is 4. The van der Waals surface area contributed by atoms with E-state index in [0.29, 0.717) is 0 Å². The van der Waals surface area contributed by atoms with Crippen LogP contribution in [-0.2, 0) is 13.1 Å². The normalized spacial score (nSPS) is 11.1. The second-order valence-corrected chi connectivity index (χ2v) is 6.55. The van der Waals surface area contributed by atoms with Crippen LogP contribution in [-0.4, -0.2) is 9.13 Å². The summed E-state index contributed by atoms with van der Waals surface area (Å²) in [5.41, 5.74) is 5.23. The molecule has 0 atom stereocenters.